The minimum Gasteiger partial charge on any atom is -0.369 e. The molecular weight excluding hydrogens is 208 g/mol. The number of anilines is 1. The molecule has 1 aromatic carbocycles. The Morgan fingerprint density at radius 2 is 1.94 bits per heavy atom. The van der Waals surface area contributed by atoms with Crippen molar-refractivity contribution >= 4 is 5.69 Å². The van der Waals surface area contributed by atoms with Crippen LogP contribution >= 0.6 is 0 Å². The van der Waals surface area contributed by atoms with Crippen LogP contribution in [0.4, 0.5) is 5.69 Å². The summed E-state index contributed by atoms with van der Waals surface area (Å²) in [4.78, 5) is 2.37. The minimum atomic E-state index is 0.195. The van der Waals surface area contributed by atoms with Gasteiger partial charge in [-0.05, 0) is 57.4 Å². The summed E-state index contributed by atoms with van der Waals surface area (Å²) < 4.78 is 0. The second-order valence-corrected chi connectivity index (χ2v) is 5.38. The van der Waals surface area contributed by atoms with Gasteiger partial charge >= 0.3 is 0 Å². The van der Waals surface area contributed by atoms with Crippen molar-refractivity contribution in [1.29, 1.82) is 0 Å². The molecule has 0 aliphatic rings. The number of hydrogen-bond donors (Lipinski definition) is 1. The van der Waals surface area contributed by atoms with E-state index in [2.05, 4.69) is 57.8 Å². The van der Waals surface area contributed by atoms with E-state index in [-0.39, 0.29) is 5.54 Å². The lowest BCUT2D eigenvalue weighted by Crippen LogP contribution is -2.40. The van der Waals surface area contributed by atoms with Crippen LogP contribution in [0.3, 0.4) is 0 Å². The fraction of sp³-hybridized carbons (Fsp3) is 0.600. The zero-order valence-electron chi connectivity index (χ0n) is 11.9. The Morgan fingerprint density at radius 1 is 1.29 bits per heavy atom. The Kier molecular flexibility index (Phi) is 4.58. The predicted octanol–water partition coefficient (Wildman–Crippen LogP) is 3.12. The number of hydrogen-bond acceptors (Lipinski definition) is 2. The molecular formula is C15H26N2. The number of nitrogens with zero attached hydrogens (tertiary/aromatic N) is 1. The van der Waals surface area contributed by atoms with Gasteiger partial charge in [-0.25, -0.2) is 0 Å². The standard InChI is InChI=1S/C15H26N2/c1-6-15(3,4)17(5)14-8-7-13(9-10-16)11-12(14)2/h7-8,11H,6,9-10,16H2,1-5H3. The van der Waals surface area contributed by atoms with Gasteiger partial charge in [0.1, 0.15) is 0 Å². The van der Waals surface area contributed by atoms with Gasteiger partial charge in [-0.3, -0.25) is 0 Å². The molecule has 0 amide bonds. The summed E-state index contributed by atoms with van der Waals surface area (Å²) in [6, 6.07) is 6.67. The summed E-state index contributed by atoms with van der Waals surface area (Å²) in [6.07, 6.45) is 2.09. The molecule has 0 fully saturated rings. The molecule has 0 saturated carbocycles. The number of nitrogens with two attached hydrogens (primary N) is 1. The summed E-state index contributed by atoms with van der Waals surface area (Å²) in [5.74, 6) is 0. The molecule has 17 heavy (non-hydrogen) atoms. The highest BCUT2D eigenvalue weighted by atomic mass is 15.2. The molecule has 0 saturated heterocycles. The van der Waals surface area contributed by atoms with E-state index < -0.39 is 0 Å². The lowest BCUT2D eigenvalue weighted by molar-refractivity contribution is 0.470. The van der Waals surface area contributed by atoms with E-state index in [1.54, 1.807) is 0 Å². The Bertz CT molecular complexity index is 369. The third-order valence-corrected chi connectivity index (χ3v) is 3.83. The molecule has 2 N–H and O–H groups in total. The van der Waals surface area contributed by atoms with Crippen LogP contribution in [0, 0.1) is 6.92 Å². The third-order valence-electron chi connectivity index (χ3n) is 3.83. The second kappa shape index (κ2) is 5.54. The van der Waals surface area contributed by atoms with E-state index in [0.717, 1.165) is 19.4 Å². The summed E-state index contributed by atoms with van der Waals surface area (Å²) in [5.41, 5.74) is 9.76. The Hall–Kier alpha value is -1.02. The molecule has 1 rings (SSSR count). The highest BCUT2D eigenvalue weighted by Crippen LogP contribution is 2.28. The highest BCUT2D eigenvalue weighted by molar-refractivity contribution is 5.55. The Balaban J connectivity index is 2.99. The van der Waals surface area contributed by atoms with Crippen molar-refractivity contribution in [2.75, 3.05) is 18.5 Å². The lowest BCUT2D eigenvalue weighted by Gasteiger charge is -2.37. The van der Waals surface area contributed by atoms with E-state index >= 15 is 0 Å². The second-order valence-electron chi connectivity index (χ2n) is 5.38. The molecule has 0 aromatic heterocycles. The van der Waals surface area contributed by atoms with Gasteiger partial charge in [-0.2, -0.15) is 0 Å². The smallest absolute Gasteiger partial charge is 0.0397 e. The maximum atomic E-state index is 5.59. The summed E-state index contributed by atoms with van der Waals surface area (Å²) in [5, 5.41) is 0. The van der Waals surface area contributed by atoms with Gasteiger partial charge < -0.3 is 10.6 Å². The monoisotopic (exact) mass is 234 g/mol. The van der Waals surface area contributed by atoms with E-state index in [4.69, 9.17) is 5.73 Å². The highest BCUT2D eigenvalue weighted by Gasteiger charge is 2.22. The molecule has 1 aromatic rings. The molecule has 0 radical (unpaired) electrons. The predicted molar refractivity (Wildman–Crippen MR) is 76.7 cm³/mol. The van der Waals surface area contributed by atoms with Gasteiger partial charge in [0.05, 0.1) is 0 Å². The quantitative estimate of drug-likeness (QED) is 0.848. The van der Waals surface area contributed by atoms with Crippen LogP contribution in [0.25, 0.3) is 0 Å². The van der Waals surface area contributed by atoms with Crippen LogP contribution in [0.2, 0.25) is 0 Å². The average Bonchev–Trinajstić information content (AvgIpc) is 2.29. The first-order valence-corrected chi connectivity index (χ1v) is 6.45. The number of rotatable bonds is 5. The topological polar surface area (TPSA) is 29.3 Å². The van der Waals surface area contributed by atoms with E-state index in [9.17, 15) is 0 Å². The first-order chi connectivity index (χ1) is 7.92. The lowest BCUT2D eigenvalue weighted by atomic mass is 9.97. The van der Waals surface area contributed by atoms with Crippen LogP contribution in [0.5, 0.6) is 0 Å². The van der Waals surface area contributed by atoms with Crippen molar-refractivity contribution < 1.29 is 0 Å². The first kappa shape index (κ1) is 14.0. The van der Waals surface area contributed by atoms with E-state index in [1.165, 1.54) is 16.8 Å². The SMILES string of the molecule is CCC(C)(C)N(C)c1ccc(CCN)cc1C. The summed E-state index contributed by atoms with van der Waals surface area (Å²) >= 11 is 0. The third kappa shape index (κ3) is 3.22. The van der Waals surface area contributed by atoms with Gasteiger partial charge in [0.15, 0.2) is 0 Å². The van der Waals surface area contributed by atoms with Crippen LogP contribution < -0.4 is 10.6 Å². The molecule has 96 valence electrons. The van der Waals surface area contributed by atoms with Crippen molar-refractivity contribution in [2.24, 2.45) is 5.73 Å². The Labute approximate surface area is 106 Å². The van der Waals surface area contributed by atoms with Crippen molar-refractivity contribution in [3.63, 3.8) is 0 Å². The zero-order valence-corrected chi connectivity index (χ0v) is 11.9. The van der Waals surface area contributed by atoms with Gasteiger partial charge in [-0.1, -0.05) is 19.1 Å². The molecule has 0 heterocycles. The van der Waals surface area contributed by atoms with Crippen molar-refractivity contribution in [3.8, 4) is 0 Å². The summed E-state index contributed by atoms with van der Waals surface area (Å²) in [7, 11) is 2.18. The van der Waals surface area contributed by atoms with E-state index in [1.807, 2.05) is 0 Å². The molecule has 2 heteroatoms. The van der Waals surface area contributed by atoms with Gasteiger partial charge in [-0.15, -0.1) is 0 Å². The van der Waals surface area contributed by atoms with Gasteiger partial charge in [0, 0.05) is 18.3 Å². The molecule has 0 spiro atoms. The van der Waals surface area contributed by atoms with Gasteiger partial charge in [0.25, 0.3) is 0 Å². The zero-order chi connectivity index (χ0) is 13.1. The maximum Gasteiger partial charge on any atom is 0.0397 e. The fourth-order valence-corrected chi connectivity index (χ4v) is 1.98. The van der Waals surface area contributed by atoms with Crippen molar-refractivity contribution in [1.82, 2.24) is 0 Å². The molecule has 0 unspecified atom stereocenters. The van der Waals surface area contributed by atoms with Gasteiger partial charge in [0.2, 0.25) is 0 Å². The largest absolute Gasteiger partial charge is 0.369 e. The van der Waals surface area contributed by atoms with E-state index in [0.29, 0.717) is 0 Å². The van der Waals surface area contributed by atoms with Crippen LogP contribution in [0.1, 0.15) is 38.3 Å². The molecule has 2 nitrogen and oxygen atoms in total. The molecule has 0 atom stereocenters. The fourth-order valence-electron chi connectivity index (χ4n) is 1.98. The summed E-state index contributed by atoms with van der Waals surface area (Å²) in [6.45, 7) is 9.68. The first-order valence-electron chi connectivity index (χ1n) is 6.45. The molecule has 0 aliphatic carbocycles. The van der Waals surface area contributed by atoms with Crippen molar-refractivity contribution in [3.05, 3.63) is 29.3 Å². The average molecular weight is 234 g/mol. The molecule has 0 bridgehead atoms. The van der Waals surface area contributed by atoms with Crippen LogP contribution in [-0.2, 0) is 6.42 Å². The van der Waals surface area contributed by atoms with Crippen LogP contribution in [0.15, 0.2) is 18.2 Å². The minimum absolute atomic E-state index is 0.195. The maximum absolute atomic E-state index is 5.59. The normalized spacial score (nSPS) is 11.6. The van der Waals surface area contributed by atoms with Crippen LogP contribution in [-0.4, -0.2) is 19.1 Å². The number of aryl methyl sites for hydroxylation is 1. The Morgan fingerprint density at radius 3 is 2.41 bits per heavy atom. The molecule has 0 aliphatic heterocycles. The van der Waals surface area contributed by atoms with Crippen molar-refractivity contribution in [2.45, 2.75) is 46.1 Å². The number of benzene rings is 1.